The first-order valence-corrected chi connectivity index (χ1v) is 7.46. The van der Waals surface area contributed by atoms with Crippen molar-refractivity contribution in [1.29, 1.82) is 0 Å². The van der Waals surface area contributed by atoms with E-state index in [1.807, 2.05) is 33.8 Å². The van der Waals surface area contributed by atoms with Gasteiger partial charge in [0.1, 0.15) is 5.75 Å². The standard InChI is InChI=1S/C18H26O3/c1-6-21-18(20)10-8-12(2)7-9-16-15(5)14(4)13(3)11-17(16)19/h7,11,19H,6,8-10H2,1-5H3/b12-7+. The van der Waals surface area contributed by atoms with E-state index in [4.69, 9.17) is 4.74 Å². The lowest BCUT2D eigenvalue weighted by atomic mass is 9.95. The number of aryl methyl sites for hydroxylation is 1. The second-order valence-electron chi connectivity index (χ2n) is 5.50. The highest BCUT2D eigenvalue weighted by molar-refractivity contribution is 5.69. The Kier molecular flexibility index (Phi) is 6.47. The van der Waals surface area contributed by atoms with Crippen molar-refractivity contribution in [3.63, 3.8) is 0 Å². The van der Waals surface area contributed by atoms with Gasteiger partial charge in [0, 0.05) is 12.0 Å². The van der Waals surface area contributed by atoms with Crippen LogP contribution in [0.15, 0.2) is 17.7 Å². The lowest BCUT2D eigenvalue weighted by Gasteiger charge is -2.12. The number of benzene rings is 1. The molecule has 0 saturated carbocycles. The normalized spacial score (nSPS) is 11.6. The highest BCUT2D eigenvalue weighted by Crippen LogP contribution is 2.28. The molecule has 0 aromatic heterocycles. The van der Waals surface area contributed by atoms with E-state index < -0.39 is 0 Å². The van der Waals surface area contributed by atoms with Gasteiger partial charge in [0.2, 0.25) is 0 Å². The topological polar surface area (TPSA) is 46.5 Å². The van der Waals surface area contributed by atoms with Crippen LogP contribution in [0.5, 0.6) is 5.75 Å². The van der Waals surface area contributed by atoms with Crippen molar-refractivity contribution < 1.29 is 14.6 Å². The molecule has 0 spiro atoms. The lowest BCUT2D eigenvalue weighted by Crippen LogP contribution is -2.03. The third-order valence-corrected chi connectivity index (χ3v) is 3.95. The van der Waals surface area contributed by atoms with Crippen molar-refractivity contribution in [2.75, 3.05) is 6.61 Å². The molecule has 1 N–H and O–H groups in total. The molecule has 1 aromatic carbocycles. The summed E-state index contributed by atoms with van der Waals surface area (Å²) in [6.45, 7) is 10.4. The Hall–Kier alpha value is -1.77. The monoisotopic (exact) mass is 290 g/mol. The van der Waals surface area contributed by atoms with Crippen molar-refractivity contribution in [2.24, 2.45) is 0 Å². The average Bonchev–Trinajstić information content (AvgIpc) is 2.43. The third-order valence-electron chi connectivity index (χ3n) is 3.95. The molecule has 0 heterocycles. The summed E-state index contributed by atoms with van der Waals surface area (Å²) >= 11 is 0. The molecule has 0 fully saturated rings. The van der Waals surface area contributed by atoms with Gasteiger partial charge in [-0.15, -0.1) is 0 Å². The molecule has 116 valence electrons. The van der Waals surface area contributed by atoms with E-state index in [0.29, 0.717) is 31.6 Å². The fourth-order valence-electron chi connectivity index (χ4n) is 2.28. The summed E-state index contributed by atoms with van der Waals surface area (Å²) in [5, 5.41) is 10.1. The number of allylic oxidation sites excluding steroid dienone is 2. The largest absolute Gasteiger partial charge is 0.508 e. The molecule has 0 aliphatic heterocycles. The van der Waals surface area contributed by atoms with Crippen molar-refractivity contribution in [2.45, 2.75) is 53.9 Å². The molecule has 0 atom stereocenters. The molecule has 0 amide bonds. The molecule has 0 unspecified atom stereocenters. The highest BCUT2D eigenvalue weighted by Gasteiger charge is 2.09. The molecule has 0 aliphatic carbocycles. The summed E-state index contributed by atoms with van der Waals surface area (Å²) in [5.41, 5.74) is 5.58. The third kappa shape index (κ3) is 4.92. The van der Waals surface area contributed by atoms with Gasteiger partial charge >= 0.3 is 5.97 Å². The molecule has 21 heavy (non-hydrogen) atoms. The predicted molar refractivity (Wildman–Crippen MR) is 85.6 cm³/mol. The number of hydrogen-bond acceptors (Lipinski definition) is 3. The minimum absolute atomic E-state index is 0.157. The number of aromatic hydroxyl groups is 1. The van der Waals surface area contributed by atoms with Gasteiger partial charge in [-0.05, 0) is 70.2 Å². The molecular weight excluding hydrogens is 264 g/mol. The van der Waals surface area contributed by atoms with Crippen LogP contribution in [-0.2, 0) is 16.0 Å². The van der Waals surface area contributed by atoms with E-state index in [2.05, 4.69) is 13.0 Å². The van der Waals surface area contributed by atoms with Crippen LogP contribution in [0.25, 0.3) is 0 Å². The molecule has 0 radical (unpaired) electrons. The smallest absolute Gasteiger partial charge is 0.306 e. The van der Waals surface area contributed by atoms with Crippen LogP contribution >= 0.6 is 0 Å². The van der Waals surface area contributed by atoms with Crippen molar-refractivity contribution in [1.82, 2.24) is 0 Å². The molecule has 3 nitrogen and oxygen atoms in total. The number of phenols is 1. The van der Waals surface area contributed by atoms with Crippen LogP contribution in [0.4, 0.5) is 0 Å². The predicted octanol–water partition coefficient (Wildman–Crippen LogP) is 4.15. The van der Waals surface area contributed by atoms with E-state index in [0.717, 1.165) is 22.3 Å². The Balaban J connectivity index is 2.72. The van der Waals surface area contributed by atoms with E-state index in [-0.39, 0.29) is 5.97 Å². The molecule has 0 saturated heterocycles. The Labute approximate surface area is 127 Å². The van der Waals surface area contributed by atoms with Gasteiger partial charge in [0.25, 0.3) is 0 Å². The Morgan fingerprint density at radius 2 is 1.90 bits per heavy atom. The summed E-state index contributed by atoms with van der Waals surface area (Å²) in [7, 11) is 0. The summed E-state index contributed by atoms with van der Waals surface area (Å²) in [5.74, 6) is 0.195. The molecule has 1 aromatic rings. The molecule has 0 bridgehead atoms. The summed E-state index contributed by atoms with van der Waals surface area (Å²) in [6.07, 6.45) is 3.88. The molecule has 0 aliphatic rings. The van der Waals surface area contributed by atoms with Gasteiger partial charge in [-0.2, -0.15) is 0 Å². The van der Waals surface area contributed by atoms with Crippen LogP contribution in [0, 0.1) is 20.8 Å². The van der Waals surface area contributed by atoms with Crippen LogP contribution in [0.3, 0.4) is 0 Å². The van der Waals surface area contributed by atoms with Gasteiger partial charge < -0.3 is 9.84 Å². The van der Waals surface area contributed by atoms with Gasteiger partial charge in [-0.25, -0.2) is 0 Å². The summed E-state index contributed by atoms with van der Waals surface area (Å²) in [4.78, 5) is 11.3. The van der Waals surface area contributed by atoms with E-state index in [1.165, 1.54) is 5.56 Å². The minimum atomic E-state index is -0.157. The van der Waals surface area contributed by atoms with Crippen LogP contribution in [-0.4, -0.2) is 17.7 Å². The zero-order chi connectivity index (χ0) is 16.0. The fourth-order valence-corrected chi connectivity index (χ4v) is 2.28. The molecule has 1 rings (SSSR count). The van der Waals surface area contributed by atoms with Crippen molar-refractivity contribution in [3.8, 4) is 5.75 Å². The number of carbonyl (C=O) groups is 1. The van der Waals surface area contributed by atoms with Gasteiger partial charge in [0.15, 0.2) is 0 Å². The fraction of sp³-hybridized carbons (Fsp3) is 0.500. The van der Waals surface area contributed by atoms with E-state index in [9.17, 15) is 9.90 Å². The quantitative estimate of drug-likeness (QED) is 0.632. The number of ether oxygens (including phenoxy) is 1. The maximum Gasteiger partial charge on any atom is 0.306 e. The zero-order valence-electron chi connectivity index (χ0n) is 13.7. The molecular formula is C18H26O3. The number of esters is 1. The van der Waals surface area contributed by atoms with Crippen molar-refractivity contribution >= 4 is 5.97 Å². The first-order valence-electron chi connectivity index (χ1n) is 7.46. The molecule has 3 heteroatoms. The number of hydrogen-bond donors (Lipinski definition) is 1. The Morgan fingerprint density at radius 3 is 2.52 bits per heavy atom. The first-order chi connectivity index (χ1) is 9.86. The summed E-state index contributed by atoms with van der Waals surface area (Å²) in [6, 6.07) is 1.82. The van der Waals surface area contributed by atoms with Gasteiger partial charge in [-0.3, -0.25) is 4.79 Å². The maximum atomic E-state index is 11.3. The second-order valence-corrected chi connectivity index (χ2v) is 5.50. The van der Waals surface area contributed by atoms with Crippen LogP contribution < -0.4 is 0 Å². The second kappa shape index (κ2) is 7.87. The maximum absolute atomic E-state index is 11.3. The Morgan fingerprint density at radius 1 is 1.24 bits per heavy atom. The highest BCUT2D eigenvalue weighted by atomic mass is 16.5. The minimum Gasteiger partial charge on any atom is -0.508 e. The number of phenolic OH excluding ortho intramolecular Hbond substituents is 1. The van der Waals surface area contributed by atoms with Gasteiger partial charge in [0.05, 0.1) is 6.61 Å². The van der Waals surface area contributed by atoms with E-state index in [1.54, 1.807) is 0 Å². The zero-order valence-corrected chi connectivity index (χ0v) is 13.7. The SMILES string of the molecule is CCOC(=O)CC/C(C)=C/Cc1c(O)cc(C)c(C)c1C. The first kappa shape index (κ1) is 17.3. The number of carbonyl (C=O) groups excluding carboxylic acids is 1. The van der Waals surface area contributed by atoms with E-state index >= 15 is 0 Å². The number of rotatable bonds is 6. The lowest BCUT2D eigenvalue weighted by molar-refractivity contribution is -0.143. The van der Waals surface area contributed by atoms with Gasteiger partial charge in [-0.1, -0.05) is 11.6 Å². The summed E-state index contributed by atoms with van der Waals surface area (Å²) < 4.78 is 4.92. The van der Waals surface area contributed by atoms with Crippen molar-refractivity contribution in [3.05, 3.63) is 40.0 Å². The van der Waals surface area contributed by atoms with Crippen LogP contribution in [0.2, 0.25) is 0 Å². The Bertz CT molecular complexity index is 542. The average molecular weight is 290 g/mol. The van der Waals surface area contributed by atoms with Crippen LogP contribution in [0.1, 0.15) is 48.9 Å².